The summed E-state index contributed by atoms with van der Waals surface area (Å²) < 4.78 is 0. The van der Waals surface area contributed by atoms with E-state index in [0.29, 0.717) is 16.1 Å². The van der Waals surface area contributed by atoms with Gasteiger partial charge in [-0.3, -0.25) is 20.4 Å². The fourth-order valence-electron chi connectivity index (χ4n) is 2.78. The van der Waals surface area contributed by atoms with Crippen LogP contribution in [0.25, 0.3) is 0 Å². The van der Waals surface area contributed by atoms with Gasteiger partial charge in [0.05, 0.1) is 10.6 Å². The maximum absolute atomic E-state index is 12.5. The first-order chi connectivity index (χ1) is 13.1. The Morgan fingerprint density at radius 2 is 1.22 bits per heavy atom. The fraction of sp³-hybridized carbons (Fsp3) is 0.0909. The van der Waals surface area contributed by atoms with Crippen molar-refractivity contribution in [1.82, 2.24) is 10.9 Å². The number of carbonyl (C=O) groups excluding carboxylic acids is 2. The smallest absolute Gasteiger partial charge is 0.267 e. The van der Waals surface area contributed by atoms with E-state index in [1.54, 1.807) is 36.4 Å². The lowest BCUT2D eigenvalue weighted by molar-refractivity contribution is 0.0846. The first-order valence-electron chi connectivity index (χ1n) is 8.62. The average molecular weight is 379 g/mol. The Morgan fingerprint density at radius 1 is 0.667 bits per heavy atom. The molecule has 136 valence electrons. The second-order valence-corrected chi connectivity index (χ2v) is 6.44. The normalized spacial score (nSPS) is 10.3. The van der Waals surface area contributed by atoms with Gasteiger partial charge in [-0.25, -0.2) is 0 Å². The van der Waals surface area contributed by atoms with Crippen LogP contribution in [-0.2, 0) is 12.8 Å². The molecule has 0 aromatic heterocycles. The van der Waals surface area contributed by atoms with E-state index in [1.165, 1.54) is 5.56 Å². The molecule has 0 aliphatic carbocycles. The molecule has 3 rings (SSSR count). The molecular formula is C22H19ClN2O2. The van der Waals surface area contributed by atoms with Gasteiger partial charge in [-0.2, -0.15) is 0 Å². The van der Waals surface area contributed by atoms with E-state index >= 15 is 0 Å². The van der Waals surface area contributed by atoms with Crippen molar-refractivity contribution in [3.8, 4) is 0 Å². The van der Waals surface area contributed by atoms with Crippen molar-refractivity contribution in [3.05, 3.63) is 106 Å². The van der Waals surface area contributed by atoms with E-state index in [2.05, 4.69) is 23.0 Å². The van der Waals surface area contributed by atoms with E-state index in [1.807, 2.05) is 30.3 Å². The summed E-state index contributed by atoms with van der Waals surface area (Å²) in [5, 5.41) is 0.326. The van der Waals surface area contributed by atoms with Crippen LogP contribution in [0.2, 0.25) is 5.02 Å². The summed E-state index contributed by atoms with van der Waals surface area (Å²) in [5.74, 6) is -0.824. The van der Waals surface area contributed by atoms with Crippen LogP contribution in [0.15, 0.2) is 78.9 Å². The standard InChI is InChI=1S/C22H19ClN2O2/c23-20-13-7-6-12-19(20)22(27)25-24-21(26)18-11-5-4-10-17(18)15-14-16-8-2-1-3-9-16/h1-13H,14-15H2,(H,24,26)(H,25,27). The Labute approximate surface area is 163 Å². The number of amides is 2. The largest absolute Gasteiger partial charge is 0.271 e. The average Bonchev–Trinajstić information content (AvgIpc) is 2.71. The first-order valence-corrected chi connectivity index (χ1v) is 9.00. The maximum Gasteiger partial charge on any atom is 0.271 e. The number of nitrogens with one attached hydrogen (secondary N) is 2. The Bertz CT molecular complexity index is 942. The van der Waals surface area contributed by atoms with Gasteiger partial charge < -0.3 is 0 Å². The molecule has 27 heavy (non-hydrogen) atoms. The SMILES string of the molecule is O=C(NNC(=O)c1ccccc1CCc1ccccc1)c1ccccc1Cl. The molecule has 0 fully saturated rings. The first kappa shape index (κ1) is 18.7. The fourth-order valence-corrected chi connectivity index (χ4v) is 3.00. The topological polar surface area (TPSA) is 58.2 Å². The van der Waals surface area contributed by atoms with Gasteiger partial charge >= 0.3 is 0 Å². The van der Waals surface area contributed by atoms with Crippen LogP contribution in [0.3, 0.4) is 0 Å². The van der Waals surface area contributed by atoms with Gasteiger partial charge in [0.1, 0.15) is 0 Å². The van der Waals surface area contributed by atoms with Gasteiger partial charge in [-0.1, -0.05) is 72.3 Å². The molecular weight excluding hydrogens is 360 g/mol. The van der Waals surface area contributed by atoms with Crippen LogP contribution >= 0.6 is 11.6 Å². The lowest BCUT2D eigenvalue weighted by Gasteiger charge is -2.12. The van der Waals surface area contributed by atoms with Gasteiger partial charge in [0.25, 0.3) is 11.8 Å². The highest BCUT2D eigenvalue weighted by Crippen LogP contribution is 2.15. The molecule has 2 amide bonds. The van der Waals surface area contributed by atoms with Crippen molar-refractivity contribution in [2.24, 2.45) is 0 Å². The summed E-state index contributed by atoms with van der Waals surface area (Å²) in [6.45, 7) is 0. The number of hydrazine groups is 1. The van der Waals surface area contributed by atoms with Crippen LogP contribution in [-0.4, -0.2) is 11.8 Å². The molecule has 0 spiro atoms. The third-order valence-corrected chi connectivity index (χ3v) is 4.53. The predicted octanol–water partition coefficient (Wildman–Crippen LogP) is 4.20. The molecule has 3 aromatic carbocycles. The highest BCUT2D eigenvalue weighted by atomic mass is 35.5. The second kappa shape index (κ2) is 9.01. The van der Waals surface area contributed by atoms with Crippen molar-refractivity contribution in [2.45, 2.75) is 12.8 Å². The third kappa shape index (κ3) is 4.96. The molecule has 0 aliphatic heterocycles. The van der Waals surface area contributed by atoms with Gasteiger partial charge in [0, 0.05) is 5.56 Å². The zero-order valence-electron chi connectivity index (χ0n) is 14.6. The molecule has 0 bridgehead atoms. The molecule has 0 aliphatic rings. The van der Waals surface area contributed by atoms with E-state index in [-0.39, 0.29) is 5.91 Å². The molecule has 4 nitrogen and oxygen atoms in total. The minimum atomic E-state index is -0.462. The molecule has 2 N–H and O–H groups in total. The van der Waals surface area contributed by atoms with E-state index in [0.717, 1.165) is 18.4 Å². The quantitative estimate of drug-likeness (QED) is 0.654. The Balaban J connectivity index is 1.65. The van der Waals surface area contributed by atoms with Crippen LogP contribution in [0.4, 0.5) is 0 Å². The maximum atomic E-state index is 12.5. The van der Waals surface area contributed by atoms with Crippen LogP contribution in [0, 0.1) is 0 Å². The van der Waals surface area contributed by atoms with Crippen LogP contribution in [0.5, 0.6) is 0 Å². The van der Waals surface area contributed by atoms with Crippen LogP contribution < -0.4 is 10.9 Å². The minimum Gasteiger partial charge on any atom is -0.267 e. The van der Waals surface area contributed by atoms with Gasteiger partial charge in [-0.15, -0.1) is 0 Å². The molecule has 3 aromatic rings. The lowest BCUT2D eigenvalue weighted by Crippen LogP contribution is -2.42. The molecule has 0 saturated carbocycles. The number of hydrogen-bond acceptors (Lipinski definition) is 2. The summed E-state index contributed by atoms with van der Waals surface area (Å²) in [7, 11) is 0. The number of hydrogen-bond donors (Lipinski definition) is 2. The lowest BCUT2D eigenvalue weighted by atomic mass is 9.99. The molecule has 0 radical (unpaired) electrons. The van der Waals surface area contributed by atoms with Crippen molar-refractivity contribution in [1.29, 1.82) is 0 Å². The van der Waals surface area contributed by atoms with E-state index in [4.69, 9.17) is 11.6 Å². The number of aryl methyl sites for hydroxylation is 2. The van der Waals surface area contributed by atoms with Crippen molar-refractivity contribution in [2.75, 3.05) is 0 Å². The predicted molar refractivity (Wildman–Crippen MR) is 107 cm³/mol. The van der Waals surface area contributed by atoms with Gasteiger partial charge in [0.2, 0.25) is 0 Å². The van der Waals surface area contributed by atoms with Gasteiger partial charge in [0.15, 0.2) is 0 Å². The van der Waals surface area contributed by atoms with Crippen molar-refractivity contribution >= 4 is 23.4 Å². The molecule has 0 unspecified atom stereocenters. The monoisotopic (exact) mass is 378 g/mol. The Morgan fingerprint density at radius 3 is 1.93 bits per heavy atom. The second-order valence-electron chi connectivity index (χ2n) is 6.03. The number of benzene rings is 3. The van der Waals surface area contributed by atoms with E-state index in [9.17, 15) is 9.59 Å². The highest BCUT2D eigenvalue weighted by Gasteiger charge is 2.14. The van der Waals surface area contributed by atoms with Crippen molar-refractivity contribution in [3.63, 3.8) is 0 Å². The Kier molecular flexibility index (Phi) is 6.23. The van der Waals surface area contributed by atoms with Gasteiger partial charge in [-0.05, 0) is 42.2 Å². The molecule has 0 heterocycles. The minimum absolute atomic E-state index is 0.303. The number of halogens is 1. The number of carbonyl (C=O) groups is 2. The van der Waals surface area contributed by atoms with Crippen molar-refractivity contribution < 1.29 is 9.59 Å². The summed E-state index contributed by atoms with van der Waals surface area (Å²) in [6.07, 6.45) is 1.56. The highest BCUT2D eigenvalue weighted by molar-refractivity contribution is 6.33. The molecule has 5 heteroatoms. The third-order valence-electron chi connectivity index (χ3n) is 4.20. The summed E-state index contributed by atoms with van der Waals surface area (Å²) in [4.78, 5) is 24.7. The van der Waals surface area contributed by atoms with Crippen LogP contribution in [0.1, 0.15) is 31.8 Å². The Hall–Kier alpha value is -3.11. The zero-order valence-corrected chi connectivity index (χ0v) is 15.4. The molecule has 0 atom stereocenters. The van der Waals surface area contributed by atoms with E-state index < -0.39 is 5.91 Å². The number of rotatable bonds is 5. The summed E-state index contributed by atoms with van der Waals surface area (Å²) >= 11 is 6.00. The zero-order chi connectivity index (χ0) is 19.1. The summed E-state index contributed by atoms with van der Waals surface area (Å²) in [6, 6.07) is 24.1. The summed E-state index contributed by atoms with van der Waals surface area (Å²) in [5.41, 5.74) is 7.85. The molecule has 0 saturated heterocycles.